The Morgan fingerprint density at radius 1 is 1.08 bits per heavy atom. The third-order valence-electron chi connectivity index (χ3n) is 3.54. The Bertz CT molecular complexity index is 957. The molecule has 0 aliphatic rings. The number of furan rings is 2. The Morgan fingerprint density at radius 3 is 2.54 bits per heavy atom. The molecular formula is C17H17N5O3S. The number of rotatable bonds is 7. The van der Waals surface area contributed by atoms with E-state index in [-0.39, 0.29) is 0 Å². The fourth-order valence-electron chi connectivity index (χ4n) is 2.46. The molecule has 0 amide bonds. The second-order valence-corrected chi connectivity index (χ2v) is 7.01. The van der Waals surface area contributed by atoms with E-state index in [1.54, 1.807) is 24.7 Å². The van der Waals surface area contributed by atoms with Gasteiger partial charge in [0.05, 0.1) is 18.3 Å². The van der Waals surface area contributed by atoms with Gasteiger partial charge in [-0.25, -0.2) is 0 Å². The van der Waals surface area contributed by atoms with Crippen molar-refractivity contribution in [2.24, 2.45) is 5.92 Å². The van der Waals surface area contributed by atoms with E-state index in [0.29, 0.717) is 40.7 Å². The van der Waals surface area contributed by atoms with Crippen molar-refractivity contribution in [1.82, 2.24) is 24.9 Å². The zero-order valence-corrected chi connectivity index (χ0v) is 15.1. The van der Waals surface area contributed by atoms with Crippen LogP contribution in [-0.4, -0.2) is 24.9 Å². The standard InChI is InChI=1S/C17H17N5O3S/c1-11(2)9-22-16(13-6-4-8-24-13)19-20-17(22)26-10-14-18-15(21-25-14)12-5-3-7-23-12/h3-8,11H,9-10H2,1-2H3. The minimum Gasteiger partial charge on any atom is -0.461 e. The van der Waals surface area contributed by atoms with E-state index in [1.165, 1.54) is 11.8 Å². The highest BCUT2D eigenvalue weighted by molar-refractivity contribution is 7.98. The average molecular weight is 371 g/mol. The molecule has 26 heavy (non-hydrogen) atoms. The first-order chi connectivity index (χ1) is 12.7. The molecule has 0 aliphatic heterocycles. The van der Waals surface area contributed by atoms with E-state index in [9.17, 15) is 0 Å². The second-order valence-electron chi connectivity index (χ2n) is 6.07. The number of hydrogen-bond acceptors (Lipinski definition) is 8. The number of hydrogen-bond donors (Lipinski definition) is 0. The zero-order chi connectivity index (χ0) is 17.9. The molecular weight excluding hydrogens is 354 g/mol. The predicted molar refractivity (Wildman–Crippen MR) is 94.1 cm³/mol. The quantitative estimate of drug-likeness (QED) is 0.447. The molecule has 0 bridgehead atoms. The lowest BCUT2D eigenvalue weighted by molar-refractivity contribution is 0.390. The number of thioether (sulfide) groups is 1. The zero-order valence-electron chi connectivity index (χ0n) is 14.3. The van der Waals surface area contributed by atoms with Crippen LogP contribution in [0.2, 0.25) is 0 Å². The summed E-state index contributed by atoms with van der Waals surface area (Å²) in [5.41, 5.74) is 0. The number of nitrogens with zero attached hydrogens (tertiary/aromatic N) is 5. The minimum atomic E-state index is 0.436. The summed E-state index contributed by atoms with van der Waals surface area (Å²) in [6.07, 6.45) is 3.20. The molecule has 0 aromatic carbocycles. The highest BCUT2D eigenvalue weighted by Crippen LogP contribution is 2.28. The van der Waals surface area contributed by atoms with Crippen LogP contribution in [0.5, 0.6) is 0 Å². The third-order valence-corrected chi connectivity index (χ3v) is 4.49. The van der Waals surface area contributed by atoms with Crippen molar-refractivity contribution < 1.29 is 13.4 Å². The van der Waals surface area contributed by atoms with Gasteiger partial charge in [0.15, 0.2) is 22.5 Å². The summed E-state index contributed by atoms with van der Waals surface area (Å²) in [6.45, 7) is 5.08. The molecule has 0 radical (unpaired) electrons. The molecule has 4 aromatic rings. The van der Waals surface area contributed by atoms with Gasteiger partial charge in [-0.15, -0.1) is 10.2 Å². The van der Waals surface area contributed by atoms with Crippen molar-refractivity contribution in [2.75, 3.05) is 0 Å². The second kappa shape index (κ2) is 7.20. The number of aromatic nitrogens is 5. The van der Waals surface area contributed by atoms with Gasteiger partial charge >= 0.3 is 0 Å². The molecule has 0 aliphatic carbocycles. The fourth-order valence-corrected chi connectivity index (χ4v) is 3.24. The van der Waals surface area contributed by atoms with Crippen LogP contribution in [0.4, 0.5) is 0 Å². The highest BCUT2D eigenvalue weighted by Gasteiger charge is 2.18. The first kappa shape index (κ1) is 16.6. The molecule has 4 aromatic heterocycles. The molecule has 0 saturated carbocycles. The largest absolute Gasteiger partial charge is 0.461 e. The summed E-state index contributed by atoms with van der Waals surface area (Å²) in [6, 6.07) is 7.29. The van der Waals surface area contributed by atoms with Crippen LogP contribution >= 0.6 is 11.8 Å². The Hall–Kier alpha value is -2.81. The van der Waals surface area contributed by atoms with Gasteiger partial charge in [0.25, 0.3) is 0 Å². The van der Waals surface area contributed by atoms with Gasteiger partial charge < -0.3 is 13.4 Å². The van der Waals surface area contributed by atoms with Crippen LogP contribution < -0.4 is 0 Å². The Morgan fingerprint density at radius 2 is 1.85 bits per heavy atom. The van der Waals surface area contributed by atoms with E-state index in [0.717, 1.165) is 11.7 Å². The van der Waals surface area contributed by atoms with Crippen molar-refractivity contribution in [1.29, 1.82) is 0 Å². The maximum absolute atomic E-state index is 5.48. The van der Waals surface area contributed by atoms with Crippen molar-refractivity contribution >= 4 is 11.8 Å². The van der Waals surface area contributed by atoms with E-state index in [2.05, 4.69) is 38.8 Å². The van der Waals surface area contributed by atoms with Gasteiger partial charge in [-0.05, 0) is 30.2 Å². The van der Waals surface area contributed by atoms with Crippen molar-refractivity contribution in [3.63, 3.8) is 0 Å². The van der Waals surface area contributed by atoms with E-state index >= 15 is 0 Å². The summed E-state index contributed by atoms with van der Waals surface area (Å²) in [5, 5.41) is 13.3. The van der Waals surface area contributed by atoms with Gasteiger partial charge in [-0.1, -0.05) is 30.8 Å². The molecule has 0 unspecified atom stereocenters. The smallest absolute Gasteiger partial charge is 0.238 e. The van der Waals surface area contributed by atoms with Crippen LogP contribution in [0.1, 0.15) is 19.7 Å². The van der Waals surface area contributed by atoms with Gasteiger partial charge in [0, 0.05) is 6.54 Å². The molecule has 4 heterocycles. The van der Waals surface area contributed by atoms with E-state index in [4.69, 9.17) is 13.4 Å². The predicted octanol–water partition coefficient (Wildman–Crippen LogP) is 4.13. The Labute approximate surface area is 153 Å². The topological polar surface area (TPSA) is 95.9 Å². The lowest BCUT2D eigenvalue weighted by Gasteiger charge is -2.10. The van der Waals surface area contributed by atoms with Crippen LogP contribution in [-0.2, 0) is 12.3 Å². The maximum atomic E-state index is 5.48. The molecule has 0 atom stereocenters. The van der Waals surface area contributed by atoms with E-state index in [1.807, 2.05) is 12.1 Å². The van der Waals surface area contributed by atoms with Crippen LogP contribution in [0.3, 0.4) is 0 Å². The van der Waals surface area contributed by atoms with Crippen LogP contribution in [0.15, 0.2) is 55.3 Å². The van der Waals surface area contributed by atoms with Gasteiger partial charge in [0.1, 0.15) is 0 Å². The summed E-state index contributed by atoms with van der Waals surface area (Å²) >= 11 is 1.49. The molecule has 9 heteroatoms. The average Bonchev–Trinajstić information content (AvgIpc) is 3.38. The summed E-state index contributed by atoms with van der Waals surface area (Å²) < 4.78 is 18.1. The van der Waals surface area contributed by atoms with E-state index < -0.39 is 0 Å². The SMILES string of the molecule is CC(C)Cn1c(SCc2nc(-c3ccco3)no2)nnc1-c1ccco1. The van der Waals surface area contributed by atoms with Gasteiger partial charge in [-0.3, -0.25) is 4.57 Å². The lowest BCUT2D eigenvalue weighted by Crippen LogP contribution is -2.07. The van der Waals surface area contributed by atoms with Gasteiger partial charge in [0.2, 0.25) is 11.7 Å². The van der Waals surface area contributed by atoms with Gasteiger partial charge in [-0.2, -0.15) is 4.98 Å². The molecule has 134 valence electrons. The monoisotopic (exact) mass is 371 g/mol. The molecule has 0 fully saturated rings. The summed E-state index contributed by atoms with van der Waals surface area (Å²) in [5.74, 6) is 3.85. The Balaban J connectivity index is 1.53. The highest BCUT2D eigenvalue weighted by atomic mass is 32.2. The normalized spacial score (nSPS) is 11.5. The summed E-state index contributed by atoms with van der Waals surface area (Å²) in [7, 11) is 0. The summed E-state index contributed by atoms with van der Waals surface area (Å²) in [4.78, 5) is 4.35. The molecule has 8 nitrogen and oxygen atoms in total. The lowest BCUT2D eigenvalue weighted by atomic mass is 10.2. The molecule has 4 rings (SSSR count). The van der Waals surface area contributed by atoms with Crippen LogP contribution in [0.25, 0.3) is 23.2 Å². The first-order valence-corrected chi connectivity index (χ1v) is 9.15. The molecule has 0 N–H and O–H groups in total. The van der Waals surface area contributed by atoms with Crippen molar-refractivity contribution in [3.8, 4) is 23.2 Å². The van der Waals surface area contributed by atoms with Crippen LogP contribution in [0, 0.1) is 5.92 Å². The third kappa shape index (κ3) is 3.43. The maximum Gasteiger partial charge on any atom is 0.238 e. The van der Waals surface area contributed by atoms with Crippen molar-refractivity contribution in [3.05, 3.63) is 42.7 Å². The Kier molecular flexibility index (Phi) is 4.61. The fraction of sp³-hybridized carbons (Fsp3) is 0.294. The molecule has 0 spiro atoms. The molecule has 0 saturated heterocycles. The first-order valence-electron chi connectivity index (χ1n) is 8.17. The minimum absolute atomic E-state index is 0.436. The van der Waals surface area contributed by atoms with Crippen molar-refractivity contribution in [2.45, 2.75) is 31.3 Å².